The third-order valence-corrected chi connectivity index (χ3v) is 5.41. The molecule has 0 aliphatic rings. The Morgan fingerprint density at radius 1 is 0.879 bits per heavy atom. The van der Waals surface area contributed by atoms with Crippen LogP contribution in [0, 0.1) is 20.8 Å². The first kappa shape index (κ1) is 22.5. The predicted octanol–water partition coefficient (Wildman–Crippen LogP) is 6.07. The lowest BCUT2D eigenvalue weighted by atomic mass is 9.87. The van der Waals surface area contributed by atoms with Gasteiger partial charge in [-0.15, -0.1) is 0 Å². The van der Waals surface area contributed by atoms with E-state index in [1.54, 1.807) is 6.07 Å². The summed E-state index contributed by atoms with van der Waals surface area (Å²) >= 11 is 0. The molecule has 7 heteroatoms. The third kappa shape index (κ3) is 5.55. The molecule has 0 aliphatic heterocycles. The molecule has 4 rings (SSSR count). The quantitative estimate of drug-likeness (QED) is 0.387. The summed E-state index contributed by atoms with van der Waals surface area (Å²) in [5, 5.41) is 7.32. The van der Waals surface area contributed by atoms with Crippen LogP contribution in [-0.4, -0.2) is 20.1 Å². The van der Waals surface area contributed by atoms with Gasteiger partial charge >= 0.3 is 0 Å². The summed E-state index contributed by atoms with van der Waals surface area (Å²) in [6.07, 6.45) is 0. The minimum absolute atomic E-state index is 0.0937. The van der Waals surface area contributed by atoms with E-state index < -0.39 is 0 Å². The van der Waals surface area contributed by atoms with Crippen LogP contribution in [0.5, 0.6) is 5.88 Å². The molecule has 0 unspecified atom stereocenters. The maximum Gasteiger partial charge on any atom is 0.264 e. The second kappa shape index (κ2) is 9.02. The lowest BCUT2D eigenvalue weighted by Crippen LogP contribution is -2.10. The second-order valence-corrected chi connectivity index (χ2v) is 9.22. The molecule has 0 amide bonds. The van der Waals surface area contributed by atoms with Crippen LogP contribution in [-0.2, 0) is 12.0 Å². The highest BCUT2D eigenvalue weighted by atomic mass is 16.5. The van der Waals surface area contributed by atoms with Crippen LogP contribution < -0.4 is 10.1 Å². The summed E-state index contributed by atoms with van der Waals surface area (Å²) in [5.74, 6) is 1.82. The van der Waals surface area contributed by atoms with Gasteiger partial charge in [-0.1, -0.05) is 56.3 Å². The molecule has 2 aromatic carbocycles. The molecule has 0 atom stereocenters. The molecule has 33 heavy (non-hydrogen) atoms. The van der Waals surface area contributed by atoms with E-state index in [0.717, 1.165) is 16.9 Å². The molecular formula is C26H29N5O2. The third-order valence-electron chi connectivity index (χ3n) is 5.41. The van der Waals surface area contributed by atoms with E-state index in [0.29, 0.717) is 23.5 Å². The molecule has 2 heterocycles. The lowest BCUT2D eigenvalue weighted by Gasteiger charge is -2.18. The predicted molar refractivity (Wildman–Crippen MR) is 129 cm³/mol. The first-order chi connectivity index (χ1) is 15.7. The van der Waals surface area contributed by atoms with Crippen molar-refractivity contribution in [3.8, 4) is 17.3 Å². The molecule has 4 aromatic rings. The Hall–Kier alpha value is -3.74. The highest BCUT2D eigenvalue weighted by Crippen LogP contribution is 2.25. The minimum atomic E-state index is 0.0937. The Balaban J connectivity index is 1.43. The van der Waals surface area contributed by atoms with Crippen LogP contribution >= 0.6 is 0 Å². The van der Waals surface area contributed by atoms with Crippen molar-refractivity contribution in [2.24, 2.45) is 0 Å². The van der Waals surface area contributed by atoms with Gasteiger partial charge in [0.15, 0.2) is 6.61 Å². The fourth-order valence-corrected chi connectivity index (χ4v) is 3.30. The van der Waals surface area contributed by atoms with E-state index in [2.05, 4.69) is 84.3 Å². The number of aromatic nitrogens is 4. The first-order valence-electron chi connectivity index (χ1n) is 10.9. The molecule has 0 fully saturated rings. The standard InChI is InChI=1S/C26H29N5O2/c1-16-7-12-21(13-17(16)2)28-25-27-18(3)14-22(30-25)32-15-23-29-24(31-33-23)19-8-10-20(11-9-19)26(4,5)6/h7-14H,15H2,1-6H3,(H,27,28,30). The molecule has 170 valence electrons. The van der Waals surface area contributed by atoms with Gasteiger partial charge in [0.1, 0.15) is 0 Å². The molecule has 0 radical (unpaired) electrons. The highest BCUT2D eigenvalue weighted by molar-refractivity contribution is 5.56. The van der Waals surface area contributed by atoms with E-state index in [1.165, 1.54) is 16.7 Å². The number of anilines is 2. The SMILES string of the molecule is Cc1cc(OCc2nc(-c3ccc(C(C)(C)C)cc3)no2)nc(Nc2ccc(C)c(C)c2)n1. The Morgan fingerprint density at radius 3 is 2.33 bits per heavy atom. The zero-order valence-corrected chi connectivity index (χ0v) is 19.9. The number of hydrogen-bond donors (Lipinski definition) is 1. The van der Waals surface area contributed by atoms with Crippen LogP contribution in [0.15, 0.2) is 53.1 Å². The molecule has 0 saturated carbocycles. The molecule has 2 aromatic heterocycles. The smallest absolute Gasteiger partial charge is 0.264 e. The fourth-order valence-electron chi connectivity index (χ4n) is 3.30. The topological polar surface area (TPSA) is 86.0 Å². The van der Waals surface area contributed by atoms with Crippen molar-refractivity contribution in [3.63, 3.8) is 0 Å². The van der Waals surface area contributed by atoms with E-state index >= 15 is 0 Å². The average Bonchev–Trinajstić information content (AvgIpc) is 3.23. The highest BCUT2D eigenvalue weighted by Gasteiger charge is 2.15. The average molecular weight is 444 g/mol. The lowest BCUT2D eigenvalue weighted by molar-refractivity contribution is 0.235. The molecular weight excluding hydrogens is 414 g/mol. The van der Waals surface area contributed by atoms with Crippen molar-refractivity contribution >= 4 is 11.6 Å². The van der Waals surface area contributed by atoms with Crippen molar-refractivity contribution < 1.29 is 9.26 Å². The maximum absolute atomic E-state index is 5.82. The number of hydrogen-bond acceptors (Lipinski definition) is 7. The normalized spacial score (nSPS) is 11.5. The largest absolute Gasteiger partial charge is 0.467 e. The van der Waals surface area contributed by atoms with Gasteiger partial charge in [0.25, 0.3) is 5.89 Å². The molecule has 0 spiro atoms. The monoisotopic (exact) mass is 443 g/mol. The zero-order chi connectivity index (χ0) is 23.6. The maximum atomic E-state index is 5.82. The number of ether oxygens (including phenoxy) is 1. The van der Waals surface area contributed by atoms with Gasteiger partial charge in [0, 0.05) is 23.0 Å². The first-order valence-corrected chi connectivity index (χ1v) is 10.9. The van der Waals surface area contributed by atoms with Gasteiger partial charge in [-0.25, -0.2) is 4.98 Å². The van der Waals surface area contributed by atoms with Gasteiger partial charge in [-0.3, -0.25) is 0 Å². The van der Waals surface area contributed by atoms with Crippen LogP contribution in [0.1, 0.15) is 49.0 Å². The Labute approximate surface area is 194 Å². The minimum Gasteiger partial charge on any atom is -0.467 e. The van der Waals surface area contributed by atoms with Crippen molar-refractivity contribution in [2.45, 2.75) is 53.6 Å². The summed E-state index contributed by atoms with van der Waals surface area (Å²) in [4.78, 5) is 13.4. The van der Waals surface area contributed by atoms with Crippen molar-refractivity contribution in [2.75, 3.05) is 5.32 Å². The molecule has 0 aliphatic carbocycles. The zero-order valence-electron chi connectivity index (χ0n) is 19.9. The van der Waals surface area contributed by atoms with Gasteiger partial charge < -0.3 is 14.6 Å². The van der Waals surface area contributed by atoms with Crippen molar-refractivity contribution in [3.05, 3.63) is 76.8 Å². The summed E-state index contributed by atoms with van der Waals surface area (Å²) in [7, 11) is 0. The molecule has 0 saturated heterocycles. The Kier molecular flexibility index (Phi) is 6.14. The van der Waals surface area contributed by atoms with E-state index in [4.69, 9.17) is 9.26 Å². The molecule has 1 N–H and O–H groups in total. The summed E-state index contributed by atoms with van der Waals surface area (Å²) in [6, 6.07) is 16.1. The van der Waals surface area contributed by atoms with E-state index in [-0.39, 0.29) is 12.0 Å². The van der Waals surface area contributed by atoms with E-state index in [9.17, 15) is 0 Å². The van der Waals surface area contributed by atoms with Gasteiger partial charge in [0.2, 0.25) is 17.7 Å². The number of nitrogens with zero attached hydrogens (tertiary/aromatic N) is 4. The Bertz CT molecular complexity index is 1260. The number of aryl methyl sites for hydroxylation is 3. The van der Waals surface area contributed by atoms with Crippen LogP contribution in [0.4, 0.5) is 11.6 Å². The number of rotatable bonds is 6. The summed E-state index contributed by atoms with van der Waals surface area (Å²) < 4.78 is 11.2. The number of nitrogens with one attached hydrogen (secondary N) is 1. The fraction of sp³-hybridized carbons (Fsp3) is 0.308. The summed E-state index contributed by atoms with van der Waals surface area (Å²) in [5.41, 5.74) is 6.39. The van der Waals surface area contributed by atoms with Crippen molar-refractivity contribution in [1.29, 1.82) is 0 Å². The van der Waals surface area contributed by atoms with Gasteiger partial charge in [0.05, 0.1) is 0 Å². The van der Waals surface area contributed by atoms with Gasteiger partial charge in [-0.05, 0) is 55.0 Å². The van der Waals surface area contributed by atoms with Gasteiger partial charge in [-0.2, -0.15) is 9.97 Å². The van der Waals surface area contributed by atoms with Crippen molar-refractivity contribution in [1.82, 2.24) is 20.1 Å². The summed E-state index contributed by atoms with van der Waals surface area (Å²) in [6.45, 7) is 12.7. The Morgan fingerprint density at radius 2 is 1.64 bits per heavy atom. The van der Waals surface area contributed by atoms with Crippen LogP contribution in [0.3, 0.4) is 0 Å². The second-order valence-electron chi connectivity index (χ2n) is 9.22. The molecule has 0 bridgehead atoms. The molecule has 7 nitrogen and oxygen atoms in total. The van der Waals surface area contributed by atoms with Crippen LogP contribution in [0.25, 0.3) is 11.4 Å². The van der Waals surface area contributed by atoms with Crippen LogP contribution in [0.2, 0.25) is 0 Å². The number of benzene rings is 2. The van der Waals surface area contributed by atoms with E-state index in [1.807, 2.05) is 25.1 Å².